The van der Waals surface area contributed by atoms with Crippen LogP contribution in [0.2, 0.25) is 0 Å². The van der Waals surface area contributed by atoms with E-state index in [1.54, 1.807) is 30.3 Å². The van der Waals surface area contributed by atoms with Crippen molar-refractivity contribution in [3.8, 4) is 0 Å². The van der Waals surface area contributed by atoms with Crippen molar-refractivity contribution in [1.29, 1.82) is 0 Å². The summed E-state index contributed by atoms with van der Waals surface area (Å²) in [6.07, 6.45) is 0. The van der Waals surface area contributed by atoms with Gasteiger partial charge in [0.1, 0.15) is 17.9 Å². The molecule has 9 heteroatoms. The maximum atomic E-state index is 12.1. The van der Waals surface area contributed by atoms with E-state index < -0.39 is 27.4 Å². The molecule has 0 fully saturated rings. The van der Waals surface area contributed by atoms with Gasteiger partial charge in [-0.05, 0) is 17.7 Å². The normalized spacial score (nSPS) is 11.5. The van der Waals surface area contributed by atoms with E-state index in [1.165, 1.54) is 24.3 Å². The lowest BCUT2D eigenvalue weighted by Gasteiger charge is -2.04. The molecule has 3 rings (SSSR count). The second kappa shape index (κ2) is 7.06. The molecule has 8 nitrogen and oxygen atoms in total. The number of nitro benzene ring substituents is 1. The Morgan fingerprint density at radius 3 is 2.54 bits per heavy atom. The molecule has 0 aliphatic carbocycles. The molecule has 0 saturated carbocycles. The number of nitrogens with zero attached hydrogens (tertiary/aromatic N) is 1. The van der Waals surface area contributed by atoms with Gasteiger partial charge in [0, 0.05) is 17.5 Å². The van der Waals surface area contributed by atoms with Crippen LogP contribution in [-0.4, -0.2) is 25.7 Å². The summed E-state index contributed by atoms with van der Waals surface area (Å²) >= 11 is 0. The van der Waals surface area contributed by atoms with Crippen molar-refractivity contribution < 1.29 is 26.7 Å². The van der Waals surface area contributed by atoms with Crippen LogP contribution in [0.25, 0.3) is 11.0 Å². The number of fused-ring (bicyclic) bond motifs is 1. The molecule has 134 valence electrons. The first kappa shape index (κ1) is 17.8. The van der Waals surface area contributed by atoms with E-state index in [2.05, 4.69) is 0 Å². The predicted octanol–water partition coefficient (Wildman–Crippen LogP) is 3.07. The van der Waals surface area contributed by atoms with Gasteiger partial charge >= 0.3 is 0 Å². The van der Waals surface area contributed by atoms with Crippen molar-refractivity contribution in [3.63, 3.8) is 0 Å². The highest BCUT2D eigenvalue weighted by molar-refractivity contribution is 7.85. The van der Waals surface area contributed by atoms with Crippen LogP contribution < -0.4 is 0 Å². The monoisotopic (exact) mass is 375 g/mol. The van der Waals surface area contributed by atoms with E-state index in [4.69, 9.17) is 8.60 Å². The third-order valence-electron chi connectivity index (χ3n) is 3.54. The molecule has 1 aromatic heterocycles. The lowest BCUT2D eigenvalue weighted by molar-refractivity contribution is -0.384. The first-order valence-electron chi connectivity index (χ1n) is 7.46. The fraction of sp³-hybridized carbons (Fsp3) is 0.118. The van der Waals surface area contributed by atoms with Crippen molar-refractivity contribution in [3.05, 3.63) is 76.0 Å². The Balaban J connectivity index is 1.69. The summed E-state index contributed by atoms with van der Waals surface area (Å²) in [6.45, 7) is -0.711. The molecule has 0 spiro atoms. The van der Waals surface area contributed by atoms with E-state index in [0.29, 0.717) is 10.9 Å². The van der Waals surface area contributed by atoms with Gasteiger partial charge in [0.15, 0.2) is 5.76 Å². The fourth-order valence-electron chi connectivity index (χ4n) is 2.32. The number of non-ortho nitro benzene ring substituents is 1. The molecule has 0 aliphatic heterocycles. The summed E-state index contributed by atoms with van der Waals surface area (Å²) in [6, 6.07) is 13.6. The number of hydrogen-bond donors (Lipinski definition) is 0. The van der Waals surface area contributed by atoms with Crippen LogP contribution in [0.3, 0.4) is 0 Å². The Labute approximate surface area is 148 Å². The standard InChI is InChI=1S/C17H13NO7S/c19-15(10-24-26(22,23)11-12-4-2-1-3-5-12)17-9-13-8-14(18(20)21)6-7-16(13)25-17/h1-9H,10-11H2. The highest BCUT2D eigenvalue weighted by Crippen LogP contribution is 2.24. The minimum Gasteiger partial charge on any atom is -0.453 e. The summed E-state index contributed by atoms with van der Waals surface area (Å²) in [5, 5.41) is 11.1. The topological polar surface area (TPSA) is 117 Å². The second-order valence-corrected chi connectivity index (χ2v) is 7.10. The van der Waals surface area contributed by atoms with E-state index in [0.717, 1.165) is 0 Å². The van der Waals surface area contributed by atoms with Gasteiger partial charge in [0.05, 0.1) is 4.92 Å². The van der Waals surface area contributed by atoms with Crippen LogP contribution in [0.1, 0.15) is 16.1 Å². The molecule has 2 aromatic carbocycles. The maximum Gasteiger partial charge on any atom is 0.271 e. The molecule has 0 amide bonds. The number of hydrogen-bond acceptors (Lipinski definition) is 7. The van der Waals surface area contributed by atoms with E-state index >= 15 is 0 Å². The molecule has 26 heavy (non-hydrogen) atoms. The van der Waals surface area contributed by atoms with Crippen LogP contribution in [0.4, 0.5) is 5.69 Å². The lowest BCUT2D eigenvalue weighted by atomic mass is 10.2. The van der Waals surface area contributed by atoms with E-state index in [9.17, 15) is 23.3 Å². The number of Topliss-reactive ketones (excluding diaryl/α,β-unsaturated/α-hetero) is 1. The van der Waals surface area contributed by atoms with Gasteiger partial charge < -0.3 is 4.42 Å². The van der Waals surface area contributed by atoms with Crippen LogP contribution in [0.15, 0.2) is 59.0 Å². The van der Waals surface area contributed by atoms with Gasteiger partial charge in [0.2, 0.25) is 5.78 Å². The number of benzene rings is 2. The van der Waals surface area contributed by atoms with Crippen molar-refractivity contribution in [1.82, 2.24) is 0 Å². The largest absolute Gasteiger partial charge is 0.453 e. The van der Waals surface area contributed by atoms with Crippen LogP contribution in [-0.2, 0) is 20.1 Å². The third-order valence-corrected chi connectivity index (χ3v) is 4.71. The van der Waals surface area contributed by atoms with Crippen LogP contribution in [0, 0.1) is 10.1 Å². The minimum absolute atomic E-state index is 0.129. The van der Waals surface area contributed by atoms with Crippen LogP contribution >= 0.6 is 0 Å². The molecule has 0 radical (unpaired) electrons. The molecule has 0 atom stereocenters. The molecule has 1 heterocycles. The molecule has 3 aromatic rings. The molecular formula is C17H13NO7S. The average molecular weight is 375 g/mol. The van der Waals surface area contributed by atoms with Gasteiger partial charge in [-0.25, -0.2) is 0 Å². The fourth-order valence-corrected chi connectivity index (χ4v) is 3.29. The highest BCUT2D eigenvalue weighted by atomic mass is 32.2. The molecule has 0 bridgehead atoms. The van der Waals surface area contributed by atoms with Gasteiger partial charge in [-0.1, -0.05) is 30.3 Å². The Bertz CT molecular complexity index is 1070. The number of carbonyl (C=O) groups excluding carboxylic acids is 1. The third kappa shape index (κ3) is 4.13. The van der Waals surface area contributed by atoms with E-state index in [-0.39, 0.29) is 22.8 Å². The lowest BCUT2D eigenvalue weighted by Crippen LogP contribution is -2.15. The van der Waals surface area contributed by atoms with Gasteiger partial charge in [-0.15, -0.1) is 0 Å². The van der Waals surface area contributed by atoms with Gasteiger partial charge in [-0.3, -0.25) is 19.1 Å². The summed E-state index contributed by atoms with van der Waals surface area (Å²) in [5.41, 5.74) is 0.682. The number of nitro groups is 1. The Morgan fingerprint density at radius 2 is 1.85 bits per heavy atom. The molecule has 0 unspecified atom stereocenters. The van der Waals surface area contributed by atoms with Crippen molar-refractivity contribution in [2.75, 3.05) is 6.61 Å². The predicted molar refractivity (Wildman–Crippen MR) is 92.2 cm³/mol. The SMILES string of the molecule is O=C(COS(=O)(=O)Cc1ccccc1)c1cc2cc([N+](=O)[O-])ccc2o1. The highest BCUT2D eigenvalue weighted by Gasteiger charge is 2.19. The Hall–Kier alpha value is -3.04. The Kier molecular flexibility index (Phi) is 4.83. The summed E-state index contributed by atoms with van der Waals surface area (Å²) in [5.74, 6) is -1.16. The van der Waals surface area contributed by atoms with Gasteiger partial charge in [0.25, 0.3) is 15.8 Å². The van der Waals surface area contributed by atoms with Gasteiger partial charge in [-0.2, -0.15) is 8.42 Å². The summed E-state index contributed by atoms with van der Waals surface area (Å²) in [4.78, 5) is 22.3. The smallest absolute Gasteiger partial charge is 0.271 e. The van der Waals surface area contributed by atoms with Crippen molar-refractivity contribution in [2.24, 2.45) is 0 Å². The first-order valence-corrected chi connectivity index (χ1v) is 9.04. The molecule has 0 N–H and O–H groups in total. The van der Waals surface area contributed by atoms with Crippen LogP contribution in [0.5, 0.6) is 0 Å². The average Bonchev–Trinajstić information content (AvgIpc) is 3.03. The number of ketones is 1. The number of carbonyl (C=O) groups is 1. The van der Waals surface area contributed by atoms with E-state index in [1.807, 2.05) is 0 Å². The number of furan rings is 1. The zero-order valence-electron chi connectivity index (χ0n) is 13.3. The Morgan fingerprint density at radius 1 is 1.12 bits per heavy atom. The second-order valence-electron chi connectivity index (χ2n) is 5.46. The zero-order valence-corrected chi connectivity index (χ0v) is 14.1. The first-order chi connectivity index (χ1) is 12.3. The van der Waals surface area contributed by atoms with Crippen molar-refractivity contribution in [2.45, 2.75) is 5.75 Å². The number of rotatable bonds is 7. The minimum atomic E-state index is -3.94. The maximum absolute atomic E-state index is 12.1. The van der Waals surface area contributed by atoms with Crippen molar-refractivity contribution >= 4 is 32.6 Å². The summed E-state index contributed by atoms with van der Waals surface area (Å²) < 4.78 is 34.0. The summed E-state index contributed by atoms with van der Waals surface area (Å²) in [7, 11) is -3.94. The molecular weight excluding hydrogens is 362 g/mol. The molecule has 0 aliphatic rings. The quantitative estimate of drug-likeness (QED) is 0.269. The zero-order chi connectivity index (χ0) is 18.7. The molecule has 0 saturated heterocycles.